The molecule has 4 heteroatoms. The van der Waals surface area contributed by atoms with E-state index in [0.717, 1.165) is 0 Å². The maximum atomic E-state index is 13.3. The summed E-state index contributed by atoms with van der Waals surface area (Å²) in [5.41, 5.74) is -0.122. The second-order valence-electron chi connectivity index (χ2n) is 3.59. The van der Waals surface area contributed by atoms with Gasteiger partial charge in [0.05, 0.1) is 17.2 Å². The summed E-state index contributed by atoms with van der Waals surface area (Å²) < 4.78 is 18.2. The molecular weight excluding hydrogens is 219 g/mol. The SMILES string of the molecule is CC(C)COC(=O)c1cccc(Cl)c1F. The fourth-order valence-corrected chi connectivity index (χ4v) is 1.16. The molecule has 0 fully saturated rings. The molecule has 0 saturated heterocycles. The van der Waals surface area contributed by atoms with Crippen LogP contribution in [0, 0.1) is 11.7 Å². The highest BCUT2D eigenvalue weighted by Gasteiger charge is 2.15. The van der Waals surface area contributed by atoms with Gasteiger partial charge in [0.1, 0.15) is 0 Å². The van der Waals surface area contributed by atoms with Crippen molar-refractivity contribution in [2.75, 3.05) is 6.61 Å². The van der Waals surface area contributed by atoms with Crippen molar-refractivity contribution < 1.29 is 13.9 Å². The molecule has 15 heavy (non-hydrogen) atoms. The van der Waals surface area contributed by atoms with Crippen molar-refractivity contribution in [3.05, 3.63) is 34.6 Å². The van der Waals surface area contributed by atoms with E-state index in [9.17, 15) is 9.18 Å². The third-order valence-electron chi connectivity index (χ3n) is 1.72. The van der Waals surface area contributed by atoms with Gasteiger partial charge in [0.25, 0.3) is 0 Å². The van der Waals surface area contributed by atoms with Crippen LogP contribution in [0.25, 0.3) is 0 Å². The van der Waals surface area contributed by atoms with E-state index in [2.05, 4.69) is 0 Å². The zero-order valence-electron chi connectivity index (χ0n) is 8.59. The maximum absolute atomic E-state index is 13.3. The van der Waals surface area contributed by atoms with Crippen LogP contribution in [0.3, 0.4) is 0 Å². The van der Waals surface area contributed by atoms with Gasteiger partial charge < -0.3 is 4.74 Å². The summed E-state index contributed by atoms with van der Waals surface area (Å²) in [6.07, 6.45) is 0. The molecule has 0 spiro atoms. The molecule has 0 aromatic heterocycles. The van der Waals surface area contributed by atoms with E-state index < -0.39 is 11.8 Å². The zero-order chi connectivity index (χ0) is 11.4. The summed E-state index contributed by atoms with van der Waals surface area (Å²) >= 11 is 5.54. The van der Waals surface area contributed by atoms with Crippen molar-refractivity contribution in [1.29, 1.82) is 0 Å². The van der Waals surface area contributed by atoms with Crippen molar-refractivity contribution >= 4 is 17.6 Å². The Bertz CT molecular complexity index is 364. The summed E-state index contributed by atoms with van der Waals surface area (Å²) in [5.74, 6) is -1.19. The standard InChI is InChI=1S/C11H12ClFO2/c1-7(2)6-15-11(14)8-4-3-5-9(12)10(8)13/h3-5,7H,6H2,1-2H3. The first-order valence-electron chi connectivity index (χ1n) is 4.63. The third kappa shape index (κ3) is 3.20. The topological polar surface area (TPSA) is 26.3 Å². The molecule has 1 aromatic rings. The minimum atomic E-state index is -0.729. The second kappa shape index (κ2) is 5.12. The molecule has 1 aromatic carbocycles. The van der Waals surface area contributed by atoms with Gasteiger partial charge >= 0.3 is 5.97 Å². The van der Waals surface area contributed by atoms with Crippen LogP contribution in [-0.2, 0) is 4.74 Å². The van der Waals surface area contributed by atoms with Gasteiger partial charge in [0, 0.05) is 0 Å². The number of carbonyl (C=O) groups is 1. The van der Waals surface area contributed by atoms with E-state index in [1.807, 2.05) is 13.8 Å². The average Bonchev–Trinajstić information content (AvgIpc) is 2.18. The van der Waals surface area contributed by atoms with Crippen LogP contribution in [-0.4, -0.2) is 12.6 Å². The first-order valence-corrected chi connectivity index (χ1v) is 5.01. The molecule has 0 heterocycles. The maximum Gasteiger partial charge on any atom is 0.341 e. The van der Waals surface area contributed by atoms with E-state index in [1.165, 1.54) is 18.2 Å². The van der Waals surface area contributed by atoms with Crippen molar-refractivity contribution in [2.24, 2.45) is 5.92 Å². The molecule has 0 amide bonds. The van der Waals surface area contributed by atoms with Gasteiger partial charge in [0.15, 0.2) is 5.82 Å². The Kier molecular flexibility index (Phi) is 4.09. The Balaban J connectivity index is 2.78. The van der Waals surface area contributed by atoms with Crippen LogP contribution in [0.2, 0.25) is 5.02 Å². The normalized spacial score (nSPS) is 10.5. The third-order valence-corrected chi connectivity index (χ3v) is 2.01. The monoisotopic (exact) mass is 230 g/mol. The van der Waals surface area contributed by atoms with Gasteiger partial charge in [-0.05, 0) is 18.1 Å². The second-order valence-corrected chi connectivity index (χ2v) is 4.00. The van der Waals surface area contributed by atoms with Gasteiger partial charge in [0.2, 0.25) is 0 Å². The smallest absolute Gasteiger partial charge is 0.341 e. The van der Waals surface area contributed by atoms with Crippen LogP contribution in [0.15, 0.2) is 18.2 Å². The number of carbonyl (C=O) groups excluding carboxylic acids is 1. The molecule has 0 N–H and O–H groups in total. The lowest BCUT2D eigenvalue weighted by atomic mass is 10.2. The number of halogens is 2. The lowest BCUT2D eigenvalue weighted by molar-refractivity contribution is 0.0453. The van der Waals surface area contributed by atoms with Gasteiger partial charge in [-0.2, -0.15) is 0 Å². The summed E-state index contributed by atoms with van der Waals surface area (Å²) in [7, 11) is 0. The summed E-state index contributed by atoms with van der Waals surface area (Å²) in [6.45, 7) is 4.08. The molecule has 82 valence electrons. The predicted molar refractivity (Wildman–Crippen MR) is 56.5 cm³/mol. The van der Waals surface area contributed by atoms with Crippen molar-refractivity contribution in [1.82, 2.24) is 0 Å². The van der Waals surface area contributed by atoms with Crippen molar-refractivity contribution in [3.63, 3.8) is 0 Å². The van der Waals surface area contributed by atoms with Crippen LogP contribution in [0.5, 0.6) is 0 Å². The molecule has 0 aliphatic heterocycles. The first-order chi connectivity index (χ1) is 7.02. The molecule has 0 atom stereocenters. The van der Waals surface area contributed by atoms with Gasteiger partial charge in [-0.1, -0.05) is 31.5 Å². The van der Waals surface area contributed by atoms with Crippen molar-refractivity contribution in [2.45, 2.75) is 13.8 Å². The Hall–Kier alpha value is -1.09. The fourth-order valence-electron chi connectivity index (χ4n) is 0.982. The number of benzene rings is 1. The Morgan fingerprint density at radius 3 is 2.80 bits per heavy atom. The number of rotatable bonds is 3. The van der Waals surface area contributed by atoms with Gasteiger partial charge in [-0.3, -0.25) is 0 Å². The van der Waals surface area contributed by atoms with E-state index in [-0.39, 0.29) is 23.1 Å². The largest absolute Gasteiger partial charge is 0.462 e. The molecule has 0 bridgehead atoms. The Morgan fingerprint density at radius 2 is 2.20 bits per heavy atom. The van der Waals surface area contributed by atoms with E-state index in [4.69, 9.17) is 16.3 Å². The van der Waals surface area contributed by atoms with Crippen molar-refractivity contribution in [3.8, 4) is 0 Å². The molecule has 0 radical (unpaired) electrons. The molecular formula is C11H12ClFO2. The molecule has 1 rings (SSSR count). The predicted octanol–water partition coefficient (Wildman–Crippen LogP) is 3.29. The summed E-state index contributed by atoms with van der Waals surface area (Å²) in [6, 6.07) is 4.25. The van der Waals surface area contributed by atoms with Crippen LogP contribution < -0.4 is 0 Å². The van der Waals surface area contributed by atoms with Gasteiger partial charge in [-0.15, -0.1) is 0 Å². The Morgan fingerprint density at radius 1 is 1.53 bits per heavy atom. The number of ether oxygens (including phenoxy) is 1. The zero-order valence-corrected chi connectivity index (χ0v) is 9.34. The molecule has 0 unspecified atom stereocenters. The van der Waals surface area contributed by atoms with E-state index >= 15 is 0 Å². The molecule has 0 aliphatic carbocycles. The van der Waals surface area contributed by atoms with Crippen LogP contribution >= 0.6 is 11.6 Å². The fraction of sp³-hybridized carbons (Fsp3) is 0.364. The number of hydrogen-bond donors (Lipinski definition) is 0. The van der Waals surface area contributed by atoms with Gasteiger partial charge in [-0.25, -0.2) is 9.18 Å². The summed E-state index contributed by atoms with van der Waals surface area (Å²) in [5, 5.41) is -0.0750. The minimum absolute atomic E-state index is 0.0750. The lowest BCUT2D eigenvalue weighted by Crippen LogP contribution is -2.11. The minimum Gasteiger partial charge on any atom is -0.462 e. The molecule has 0 aliphatic rings. The van der Waals surface area contributed by atoms with E-state index in [0.29, 0.717) is 0 Å². The highest BCUT2D eigenvalue weighted by molar-refractivity contribution is 6.31. The number of hydrogen-bond acceptors (Lipinski definition) is 2. The lowest BCUT2D eigenvalue weighted by Gasteiger charge is -2.07. The summed E-state index contributed by atoms with van der Waals surface area (Å²) in [4.78, 5) is 11.4. The Labute approximate surface area is 93.0 Å². The number of esters is 1. The molecule has 0 saturated carbocycles. The van der Waals surface area contributed by atoms with Crippen LogP contribution in [0.1, 0.15) is 24.2 Å². The average molecular weight is 231 g/mol. The highest BCUT2D eigenvalue weighted by Crippen LogP contribution is 2.18. The first kappa shape index (κ1) is 12.0. The van der Waals surface area contributed by atoms with Crippen LogP contribution in [0.4, 0.5) is 4.39 Å². The highest BCUT2D eigenvalue weighted by atomic mass is 35.5. The molecule has 2 nitrogen and oxygen atoms in total. The quantitative estimate of drug-likeness (QED) is 0.745. The van der Waals surface area contributed by atoms with E-state index in [1.54, 1.807) is 0 Å².